The molecule has 5 nitrogen and oxygen atoms in total. The zero-order valence-corrected chi connectivity index (χ0v) is 19.4. The van der Waals surface area contributed by atoms with Crippen LogP contribution in [0, 0.1) is 0 Å². The summed E-state index contributed by atoms with van der Waals surface area (Å²) >= 11 is 0. The number of carbonyl (C=O) groups is 2. The fraction of sp³-hybridized carbons (Fsp3) is 0.286. The van der Waals surface area contributed by atoms with Gasteiger partial charge >= 0.3 is 0 Å². The zero-order chi connectivity index (χ0) is 23.8. The highest BCUT2D eigenvalue weighted by molar-refractivity contribution is 5.92. The standard InChI is InChI=1S/C28H33N3O2/c1-28(2,23-17-10-5-11-18-23)31(24(26(30)32)19-12-20-29)27(33)25(21-13-6-3-7-14-21)22-15-8-4-9-16-22/h3-11,13-18,24-25H,12,19-20,29H2,1-2H3,(H2,30,32)/t24-/m1/s1. The first-order valence-corrected chi connectivity index (χ1v) is 11.4. The number of primary amides is 1. The van der Waals surface area contributed by atoms with Crippen molar-refractivity contribution in [1.29, 1.82) is 0 Å². The maximum absolute atomic E-state index is 14.5. The van der Waals surface area contributed by atoms with Crippen molar-refractivity contribution in [2.24, 2.45) is 11.5 Å². The normalized spacial score (nSPS) is 12.4. The van der Waals surface area contributed by atoms with Gasteiger partial charge in [-0.25, -0.2) is 0 Å². The molecule has 2 amide bonds. The van der Waals surface area contributed by atoms with E-state index in [0.29, 0.717) is 19.4 Å². The first-order chi connectivity index (χ1) is 15.9. The van der Waals surface area contributed by atoms with Gasteiger partial charge in [-0.3, -0.25) is 9.59 Å². The Hall–Kier alpha value is -3.44. The third kappa shape index (κ3) is 5.49. The van der Waals surface area contributed by atoms with Crippen molar-refractivity contribution >= 4 is 11.8 Å². The predicted molar refractivity (Wildman–Crippen MR) is 132 cm³/mol. The molecule has 0 saturated carbocycles. The summed E-state index contributed by atoms with van der Waals surface area (Å²) in [5.74, 6) is -1.27. The van der Waals surface area contributed by atoms with Crippen LogP contribution in [0.15, 0.2) is 91.0 Å². The van der Waals surface area contributed by atoms with Crippen molar-refractivity contribution in [3.63, 3.8) is 0 Å². The topological polar surface area (TPSA) is 89.4 Å². The minimum absolute atomic E-state index is 0.165. The number of hydrogen-bond acceptors (Lipinski definition) is 3. The molecule has 0 aromatic heterocycles. The van der Waals surface area contributed by atoms with Crippen LogP contribution in [0.3, 0.4) is 0 Å². The lowest BCUT2D eigenvalue weighted by atomic mass is 9.84. The van der Waals surface area contributed by atoms with E-state index >= 15 is 0 Å². The van der Waals surface area contributed by atoms with E-state index in [2.05, 4.69) is 0 Å². The SMILES string of the molecule is CC(C)(c1ccccc1)N(C(=O)C(c1ccccc1)c1ccccc1)[C@H](CCCN)C(N)=O. The van der Waals surface area contributed by atoms with Crippen molar-refractivity contribution < 1.29 is 9.59 Å². The average molecular weight is 444 g/mol. The van der Waals surface area contributed by atoms with E-state index in [1.165, 1.54) is 0 Å². The number of rotatable bonds is 10. The molecule has 4 N–H and O–H groups in total. The molecule has 1 atom stereocenters. The lowest BCUT2D eigenvalue weighted by molar-refractivity contribution is -0.147. The predicted octanol–water partition coefficient (Wildman–Crippen LogP) is 4.18. The number of hydrogen-bond donors (Lipinski definition) is 2. The zero-order valence-electron chi connectivity index (χ0n) is 19.4. The first kappa shape index (κ1) is 24.2. The van der Waals surface area contributed by atoms with Gasteiger partial charge in [0, 0.05) is 0 Å². The van der Waals surface area contributed by atoms with E-state index < -0.39 is 23.4 Å². The Morgan fingerprint density at radius 1 is 0.818 bits per heavy atom. The van der Waals surface area contributed by atoms with Crippen LogP contribution >= 0.6 is 0 Å². The Morgan fingerprint density at radius 2 is 1.27 bits per heavy atom. The molecule has 0 aliphatic rings. The summed E-state index contributed by atoms with van der Waals surface area (Å²) in [4.78, 5) is 28.9. The monoisotopic (exact) mass is 443 g/mol. The Labute approximate surface area is 196 Å². The summed E-state index contributed by atoms with van der Waals surface area (Å²) in [5.41, 5.74) is 13.5. The van der Waals surface area contributed by atoms with Gasteiger partial charge < -0.3 is 16.4 Å². The third-order valence-corrected chi connectivity index (χ3v) is 6.15. The molecule has 0 radical (unpaired) electrons. The van der Waals surface area contributed by atoms with Crippen molar-refractivity contribution in [2.75, 3.05) is 6.54 Å². The fourth-order valence-electron chi connectivity index (χ4n) is 4.42. The van der Waals surface area contributed by atoms with E-state index in [4.69, 9.17) is 11.5 Å². The van der Waals surface area contributed by atoms with Crippen molar-refractivity contribution in [2.45, 2.75) is 44.2 Å². The van der Waals surface area contributed by atoms with Crippen LogP contribution in [0.1, 0.15) is 49.3 Å². The summed E-state index contributed by atoms with van der Waals surface area (Å²) in [5, 5.41) is 0. The van der Waals surface area contributed by atoms with E-state index in [1.807, 2.05) is 105 Å². The van der Waals surface area contributed by atoms with E-state index in [9.17, 15) is 9.59 Å². The van der Waals surface area contributed by atoms with Crippen molar-refractivity contribution in [3.8, 4) is 0 Å². The Morgan fingerprint density at radius 3 is 1.70 bits per heavy atom. The Kier molecular flexibility index (Phi) is 8.01. The van der Waals surface area contributed by atoms with Crippen LogP contribution in [0.25, 0.3) is 0 Å². The van der Waals surface area contributed by atoms with Crippen molar-refractivity contribution in [3.05, 3.63) is 108 Å². The van der Waals surface area contributed by atoms with Gasteiger partial charge in [-0.15, -0.1) is 0 Å². The summed E-state index contributed by atoms with van der Waals surface area (Å²) in [6.07, 6.45) is 0.994. The molecule has 3 rings (SSSR count). The van der Waals surface area contributed by atoms with Gasteiger partial charge in [0.2, 0.25) is 11.8 Å². The highest BCUT2D eigenvalue weighted by Crippen LogP contribution is 2.36. The quantitative estimate of drug-likeness (QED) is 0.493. The molecule has 0 bridgehead atoms. The first-order valence-electron chi connectivity index (χ1n) is 11.4. The molecule has 0 saturated heterocycles. The van der Waals surface area contributed by atoms with Gasteiger partial charge in [0.25, 0.3) is 0 Å². The number of carbonyl (C=O) groups excluding carboxylic acids is 2. The minimum atomic E-state index is -0.786. The smallest absolute Gasteiger partial charge is 0.240 e. The molecule has 0 aliphatic heterocycles. The van der Waals surface area contributed by atoms with Crippen molar-refractivity contribution in [1.82, 2.24) is 4.90 Å². The van der Waals surface area contributed by atoms with Crippen LogP contribution in [-0.4, -0.2) is 29.3 Å². The Balaban J connectivity index is 2.18. The maximum atomic E-state index is 14.5. The number of nitrogens with two attached hydrogens (primary N) is 2. The van der Waals surface area contributed by atoms with Gasteiger partial charge in [0.05, 0.1) is 11.5 Å². The molecule has 33 heavy (non-hydrogen) atoms. The molecule has 0 fully saturated rings. The van der Waals surface area contributed by atoms with Crippen LogP contribution in [0.4, 0.5) is 0 Å². The molecule has 172 valence electrons. The molecule has 0 heterocycles. The van der Waals surface area contributed by atoms with Gasteiger partial charge in [-0.2, -0.15) is 0 Å². The molecule has 0 spiro atoms. The second-order valence-corrected chi connectivity index (χ2v) is 8.74. The molecular formula is C28H33N3O2. The van der Waals surface area contributed by atoms with Crippen LogP contribution in [0.5, 0.6) is 0 Å². The van der Waals surface area contributed by atoms with E-state index in [0.717, 1.165) is 16.7 Å². The van der Waals surface area contributed by atoms with Crippen LogP contribution < -0.4 is 11.5 Å². The van der Waals surface area contributed by atoms with Gasteiger partial charge in [0.15, 0.2) is 0 Å². The number of amides is 2. The maximum Gasteiger partial charge on any atom is 0.240 e. The summed E-state index contributed by atoms with van der Waals surface area (Å²) in [6, 6.07) is 28.3. The lowest BCUT2D eigenvalue weighted by Crippen LogP contribution is -2.57. The fourth-order valence-corrected chi connectivity index (χ4v) is 4.42. The largest absolute Gasteiger partial charge is 0.368 e. The highest BCUT2D eigenvalue weighted by Gasteiger charge is 2.43. The number of nitrogens with zero attached hydrogens (tertiary/aromatic N) is 1. The second-order valence-electron chi connectivity index (χ2n) is 8.74. The molecule has 3 aromatic rings. The molecule has 3 aromatic carbocycles. The van der Waals surface area contributed by atoms with Gasteiger partial charge in [-0.1, -0.05) is 91.0 Å². The Bertz CT molecular complexity index is 997. The lowest BCUT2D eigenvalue weighted by Gasteiger charge is -2.45. The molecule has 0 aliphatic carbocycles. The molecular weight excluding hydrogens is 410 g/mol. The van der Waals surface area contributed by atoms with Crippen LogP contribution in [-0.2, 0) is 15.1 Å². The average Bonchev–Trinajstić information content (AvgIpc) is 2.83. The molecule has 5 heteroatoms. The second kappa shape index (κ2) is 10.9. The number of benzene rings is 3. The van der Waals surface area contributed by atoms with E-state index in [-0.39, 0.29) is 5.91 Å². The summed E-state index contributed by atoms with van der Waals surface area (Å²) in [6.45, 7) is 4.34. The van der Waals surface area contributed by atoms with Gasteiger partial charge in [-0.05, 0) is 49.9 Å². The van der Waals surface area contributed by atoms with Crippen LogP contribution in [0.2, 0.25) is 0 Å². The summed E-state index contributed by atoms with van der Waals surface area (Å²) < 4.78 is 0. The van der Waals surface area contributed by atoms with Gasteiger partial charge in [0.1, 0.15) is 6.04 Å². The van der Waals surface area contributed by atoms with E-state index in [1.54, 1.807) is 4.90 Å². The summed E-state index contributed by atoms with van der Waals surface area (Å²) in [7, 11) is 0. The third-order valence-electron chi connectivity index (χ3n) is 6.15. The molecule has 0 unspecified atom stereocenters. The highest BCUT2D eigenvalue weighted by atomic mass is 16.2. The minimum Gasteiger partial charge on any atom is -0.368 e.